The molecule has 2 rings (SSSR count). The highest BCUT2D eigenvalue weighted by Gasteiger charge is 2.06. The summed E-state index contributed by atoms with van der Waals surface area (Å²) >= 11 is 1.76. The Bertz CT molecular complexity index is 511. The second kappa shape index (κ2) is 7.92. The Labute approximate surface area is 124 Å². The van der Waals surface area contributed by atoms with Crippen LogP contribution in [0, 0.1) is 0 Å². The van der Waals surface area contributed by atoms with Gasteiger partial charge in [-0.15, -0.1) is 11.3 Å². The van der Waals surface area contributed by atoms with Crippen LogP contribution < -0.4 is 15.2 Å². The number of hydrogen-bond acceptors (Lipinski definition) is 4. The average Bonchev–Trinajstić information content (AvgIpc) is 2.95. The number of hydrogen-bond donors (Lipinski definition) is 1. The Balaban J connectivity index is 1.98. The fourth-order valence-electron chi connectivity index (χ4n) is 1.98. The molecule has 0 unspecified atom stereocenters. The normalized spacial score (nSPS) is 10.5. The third kappa shape index (κ3) is 4.25. The van der Waals surface area contributed by atoms with Gasteiger partial charge >= 0.3 is 0 Å². The molecule has 0 spiro atoms. The van der Waals surface area contributed by atoms with E-state index < -0.39 is 0 Å². The largest absolute Gasteiger partial charge is 0.490 e. The van der Waals surface area contributed by atoms with Gasteiger partial charge in [0.15, 0.2) is 11.5 Å². The maximum Gasteiger partial charge on any atom is 0.161 e. The first-order valence-electron chi connectivity index (χ1n) is 6.94. The van der Waals surface area contributed by atoms with Gasteiger partial charge < -0.3 is 15.2 Å². The van der Waals surface area contributed by atoms with Crippen molar-refractivity contribution in [3.63, 3.8) is 0 Å². The van der Waals surface area contributed by atoms with Crippen LogP contribution >= 0.6 is 11.3 Å². The van der Waals surface area contributed by atoms with Gasteiger partial charge in [-0.2, -0.15) is 0 Å². The van der Waals surface area contributed by atoms with Gasteiger partial charge in [-0.3, -0.25) is 0 Å². The summed E-state index contributed by atoms with van der Waals surface area (Å²) in [7, 11) is 0. The van der Waals surface area contributed by atoms with Crippen LogP contribution in [-0.4, -0.2) is 19.8 Å². The van der Waals surface area contributed by atoms with Crippen molar-refractivity contribution >= 4 is 11.3 Å². The molecule has 1 aromatic carbocycles. The Morgan fingerprint density at radius 1 is 1.10 bits per heavy atom. The van der Waals surface area contributed by atoms with Crippen molar-refractivity contribution in [2.75, 3.05) is 19.8 Å². The second-order valence-electron chi connectivity index (χ2n) is 4.43. The summed E-state index contributed by atoms with van der Waals surface area (Å²) < 4.78 is 11.5. The molecule has 0 atom stereocenters. The molecule has 108 valence electrons. The molecule has 2 aromatic rings. The van der Waals surface area contributed by atoms with Gasteiger partial charge in [0.2, 0.25) is 0 Å². The molecule has 20 heavy (non-hydrogen) atoms. The number of ether oxygens (including phenoxy) is 2. The minimum Gasteiger partial charge on any atom is -0.490 e. The van der Waals surface area contributed by atoms with E-state index in [4.69, 9.17) is 15.2 Å². The first-order valence-corrected chi connectivity index (χ1v) is 7.82. The fraction of sp³-hybridized carbons (Fsp3) is 0.375. The van der Waals surface area contributed by atoms with Gasteiger partial charge in [-0.25, -0.2) is 0 Å². The molecule has 0 aliphatic carbocycles. The van der Waals surface area contributed by atoms with E-state index >= 15 is 0 Å². The molecular formula is C16H21NO2S. The maximum atomic E-state index is 5.85. The van der Waals surface area contributed by atoms with E-state index in [0.29, 0.717) is 19.8 Å². The van der Waals surface area contributed by atoms with Crippen molar-refractivity contribution in [3.05, 3.63) is 46.2 Å². The molecule has 0 amide bonds. The number of rotatable bonds is 8. The van der Waals surface area contributed by atoms with Crippen molar-refractivity contribution in [1.82, 2.24) is 0 Å². The summed E-state index contributed by atoms with van der Waals surface area (Å²) in [5.41, 5.74) is 6.77. The van der Waals surface area contributed by atoms with Crippen LogP contribution in [0.25, 0.3) is 0 Å². The van der Waals surface area contributed by atoms with Crippen LogP contribution in [0.1, 0.15) is 17.4 Å². The molecule has 0 bridgehead atoms. The summed E-state index contributed by atoms with van der Waals surface area (Å²) in [6.07, 6.45) is 1.78. The molecule has 0 saturated heterocycles. The van der Waals surface area contributed by atoms with Gasteiger partial charge in [0, 0.05) is 11.3 Å². The zero-order chi connectivity index (χ0) is 14.2. The van der Waals surface area contributed by atoms with Crippen LogP contribution in [0.2, 0.25) is 0 Å². The van der Waals surface area contributed by atoms with Crippen molar-refractivity contribution in [1.29, 1.82) is 0 Å². The van der Waals surface area contributed by atoms with Crippen LogP contribution in [-0.2, 0) is 12.8 Å². The quantitative estimate of drug-likeness (QED) is 0.812. The van der Waals surface area contributed by atoms with Gasteiger partial charge in [0.05, 0.1) is 13.2 Å². The van der Waals surface area contributed by atoms with Crippen LogP contribution in [0.5, 0.6) is 11.5 Å². The zero-order valence-electron chi connectivity index (χ0n) is 11.8. The highest BCUT2D eigenvalue weighted by Crippen LogP contribution is 2.29. The van der Waals surface area contributed by atoms with Gasteiger partial charge in [-0.1, -0.05) is 12.1 Å². The molecule has 4 heteroatoms. The van der Waals surface area contributed by atoms with E-state index in [0.717, 1.165) is 24.3 Å². The minimum absolute atomic E-state index is 0.632. The Morgan fingerprint density at radius 3 is 2.70 bits per heavy atom. The third-order valence-corrected chi connectivity index (χ3v) is 3.86. The molecule has 0 aliphatic heterocycles. The number of nitrogens with two attached hydrogens (primary N) is 1. The highest BCUT2D eigenvalue weighted by molar-refractivity contribution is 7.09. The first-order chi connectivity index (χ1) is 9.83. The van der Waals surface area contributed by atoms with Crippen molar-refractivity contribution in [2.24, 2.45) is 5.73 Å². The summed E-state index contributed by atoms with van der Waals surface area (Å²) in [4.78, 5) is 1.34. The fourth-order valence-corrected chi connectivity index (χ4v) is 2.67. The zero-order valence-corrected chi connectivity index (χ0v) is 12.6. The van der Waals surface area contributed by atoms with Crippen LogP contribution in [0.3, 0.4) is 0 Å². The van der Waals surface area contributed by atoms with Crippen molar-refractivity contribution in [3.8, 4) is 11.5 Å². The molecule has 0 radical (unpaired) electrons. The molecule has 0 fully saturated rings. The van der Waals surface area contributed by atoms with Crippen LogP contribution in [0.4, 0.5) is 0 Å². The van der Waals surface area contributed by atoms with E-state index in [1.807, 2.05) is 19.1 Å². The standard InChI is InChI=1S/C16H21NO2S/c1-2-18-16-12-13(7-9-17)5-6-15(16)19-10-8-14-4-3-11-20-14/h3-6,11-12H,2,7-10,17H2,1H3. The lowest BCUT2D eigenvalue weighted by molar-refractivity contribution is 0.279. The van der Waals surface area contributed by atoms with Crippen molar-refractivity contribution in [2.45, 2.75) is 19.8 Å². The van der Waals surface area contributed by atoms with Gasteiger partial charge in [0.1, 0.15) is 0 Å². The van der Waals surface area contributed by atoms with E-state index in [9.17, 15) is 0 Å². The predicted octanol–water partition coefficient (Wildman–Crippen LogP) is 3.27. The Kier molecular flexibility index (Phi) is 5.89. The van der Waals surface area contributed by atoms with E-state index in [2.05, 4.69) is 23.6 Å². The van der Waals surface area contributed by atoms with Gasteiger partial charge in [0.25, 0.3) is 0 Å². The molecule has 1 heterocycles. The molecule has 0 aliphatic rings. The monoisotopic (exact) mass is 291 g/mol. The van der Waals surface area contributed by atoms with Crippen LogP contribution in [0.15, 0.2) is 35.7 Å². The summed E-state index contributed by atoms with van der Waals surface area (Å²) in [5, 5.41) is 2.09. The second-order valence-corrected chi connectivity index (χ2v) is 5.46. The Hall–Kier alpha value is -1.52. The molecule has 3 nitrogen and oxygen atoms in total. The lowest BCUT2D eigenvalue weighted by Gasteiger charge is -2.13. The lowest BCUT2D eigenvalue weighted by Crippen LogP contribution is -2.05. The summed E-state index contributed by atoms with van der Waals surface area (Å²) in [5.74, 6) is 1.62. The maximum absolute atomic E-state index is 5.85. The number of benzene rings is 1. The smallest absolute Gasteiger partial charge is 0.161 e. The minimum atomic E-state index is 0.632. The summed E-state index contributed by atoms with van der Waals surface area (Å²) in [6, 6.07) is 10.2. The topological polar surface area (TPSA) is 44.5 Å². The number of thiophene rings is 1. The molecular weight excluding hydrogens is 270 g/mol. The first kappa shape index (κ1) is 14.9. The average molecular weight is 291 g/mol. The van der Waals surface area contributed by atoms with E-state index in [-0.39, 0.29) is 0 Å². The molecule has 1 aromatic heterocycles. The molecule has 0 saturated carbocycles. The summed E-state index contributed by atoms with van der Waals surface area (Å²) in [6.45, 7) is 3.92. The highest BCUT2D eigenvalue weighted by atomic mass is 32.1. The van der Waals surface area contributed by atoms with Gasteiger partial charge in [-0.05, 0) is 49.0 Å². The van der Waals surface area contributed by atoms with E-state index in [1.165, 1.54) is 10.4 Å². The third-order valence-electron chi connectivity index (χ3n) is 2.93. The SMILES string of the molecule is CCOc1cc(CCN)ccc1OCCc1cccs1. The predicted molar refractivity (Wildman–Crippen MR) is 83.9 cm³/mol. The van der Waals surface area contributed by atoms with E-state index in [1.54, 1.807) is 11.3 Å². The van der Waals surface area contributed by atoms with Crippen molar-refractivity contribution < 1.29 is 9.47 Å². The lowest BCUT2D eigenvalue weighted by atomic mass is 10.1. The Morgan fingerprint density at radius 2 is 2.00 bits per heavy atom. The molecule has 2 N–H and O–H groups in total.